The summed E-state index contributed by atoms with van der Waals surface area (Å²) in [6.45, 7) is 0.408. The summed E-state index contributed by atoms with van der Waals surface area (Å²) in [5.41, 5.74) is 0. The molecule has 18 heavy (non-hydrogen) atoms. The molecule has 1 aromatic heterocycles. The van der Waals surface area contributed by atoms with Gasteiger partial charge in [-0.1, -0.05) is 22.6 Å². The molecule has 2 aliphatic heterocycles. The first kappa shape index (κ1) is 12.2. The van der Waals surface area contributed by atoms with Crippen LogP contribution in [0.5, 0.6) is 0 Å². The van der Waals surface area contributed by atoms with Crippen molar-refractivity contribution in [2.45, 2.75) is 38.3 Å². The maximum absolute atomic E-state index is 12.4. The molecule has 0 aromatic carbocycles. The van der Waals surface area contributed by atoms with E-state index < -0.39 is 0 Å². The van der Waals surface area contributed by atoms with Crippen molar-refractivity contribution in [1.82, 2.24) is 19.8 Å². The lowest BCUT2D eigenvalue weighted by Crippen LogP contribution is -2.37. The molecular weight excluding hydrogens is 347 g/mol. The van der Waals surface area contributed by atoms with Gasteiger partial charge in [0.25, 0.3) is 0 Å². The van der Waals surface area contributed by atoms with E-state index in [1.165, 1.54) is 0 Å². The Morgan fingerprint density at radius 3 is 3.28 bits per heavy atom. The average Bonchev–Trinajstić information content (AvgIpc) is 2.86. The maximum Gasteiger partial charge on any atom is 0.176 e. The van der Waals surface area contributed by atoms with Crippen molar-refractivity contribution in [3.05, 3.63) is 23.1 Å². The molecule has 0 saturated carbocycles. The van der Waals surface area contributed by atoms with Gasteiger partial charge in [0.05, 0.1) is 0 Å². The van der Waals surface area contributed by atoms with E-state index in [0.29, 0.717) is 18.3 Å². The highest BCUT2D eigenvalue weighted by Gasteiger charge is 2.29. The summed E-state index contributed by atoms with van der Waals surface area (Å²) in [5.74, 6) is 2.07. The lowest BCUT2D eigenvalue weighted by atomic mass is 10.0. The van der Waals surface area contributed by atoms with Crippen molar-refractivity contribution in [2.75, 3.05) is 4.43 Å². The van der Waals surface area contributed by atoms with Crippen molar-refractivity contribution in [3.63, 3.8) is 0 Å². The van der Waals surface area contributed by atoms with Gasteiger partial charge in [-0.05, 0) is 23.7 Å². The molecule has 0 spiro atoms. The van der Waals surface area contributed by atoms with E-state index in [1.54, 1.807) is 10.9 Å². The van der Waals surface area contributed by atoms with Gasteiger partial charge in [-0.2, -0.15) is 0 Å². The summed E-state index contributed by atoms with van der Waals surface area (Å²) in [6.07, 6.45) is 5.30. The van der Waals surface area contributed by atoms with Crippen molar-refractivity contribution in [3.8, 4) is 0 Å². The van der Waals surface area contributed by atoms with Crippen molar-refractivity contribution >= 4 is 28.4 Å². The number of alkyl halides is 1. The SMILES string of the molecule is [O-]N1C2=C(CCC1CCCI)OCc1nncn12. The van der Waals surface area contributed by atoms with Gasteiger partial charge in [0.2, 0.25) is 0 Å². The first-order valence-electron chi connectivity index (χ1n) is 6.09. The second kappa shape index (κ2) is 5.04. The number of nitrogens with zero attached hydrogens (tertiary/aromatic N) is 4. The molecule has 3 rings (SSSR count). The third-order valence-corrected chi connectivity index (χ3v) is 4.15. The predicted molar refractivity (Wildman–Crippen MR) is 74.4 cm³/mol. The Balaban J connectivity index is 1.88. The highest BCUT2D eigenvalue weighted by atomic mass is 127. The van der Waals surface area contributed by atoms with Crippen LogP contribution in [0.3, 0.4) is 0 Å². The first-order valence-corrected chi connectivity index (χ1v) is 7.61. The molecule has 0 fully saturated rings. The van der Waals surface area contributed by atoms with Gasteiger partial charge in [-0.25, -0.2) is 0 Å². The van der Waals surface area contributed by atoms with Gasteiger partial charge in [0, 0.05) is 12.5 Å². The Bertz CT molecular complexity index is 473. The zero-order valence-electron chi connectivity index (χ0n) is 9.88. The molecule has 0 radical (unpaired) electrons. The highest BCUT2D eigenvalue weighted by molar-refractivity contribution is 14.1. The molecule has 1 aromatic rings. The number of hydrogen-bond donors (Lipinski definition) is 0. The lowest BCUT2D eigenvalue weighted by Gasteiger charge is -2.46. The summed E-state index contributed by atoms with van der Waals surface area (Å²) >= 11 is 2.34. The number of hydroxylamine groups is 2. The predicted octanol–water partition coefficient (Wildman–Crippen LogP) is 2.11. The number of ether oxygens (including phenoxy) is 1. The minimum Gasteiger partial charge on any atom is -0.757 e. The summed E-state index contributed by atoms with van der Waals surface area (Å²) in [5, 5.41) is 21.3. The molecular formula is C11H14IN4O2-. The zero-order chi connectivity index (χ0) is 12.5. The number of hydrogen-bond acceptors (Lipinski definition) is 5. The number of aromatic nitrogens is 3. The van der Waals surface area contributed by atoms with Gasteiger partial charge < -0.3 is 15.0 Å². The molecule has 98 valence electrons. The molecule has 6 nitrogen and oxygen atoms in total. The molecule has 7 heteroatoms. The number of fused-ring (bicyclic) bond motifs is 2. The standard InChI is InChI=1S/C11H14IN4O2/c12-5-1-2-8-3-4-9-11(16(8)17)15-7-13-14-10(15)6-18-9/h7-8H,1-6H2/q-1. The van der Waals surface area contributed by atoms with Crippen LogP contribution in [0.1, 0.15) is 31.5 Å². The van der Waals surface area contributed by atoms with Crippen LogP contribution in [-0.4, -0.2) is 30.3 Å². The Labute approximate surface area is 119 Å². The van der Waals surface area contributed by atoms with Crippen molar-refractivity contribution < 1.29 is 4.74 Å². The molecule has 0 saturated heterocycles. The fraction of sp³-hybridized carbons (Fsp3) is 0.636. The van der Waals surface area contributed by atoms with Crippen molar-refractivity contribution in [2.24, 2.45) is 0 Å². The Hall–Kier alpha value is -0.830. The van der Waals surface area contributed by atoms with Crippen LogP contribution in [0.2, 0.25) is 0 Å². The fourth-order valence-electron chi connectivity index (χ4n) is 2.46. The topological polar surface area (TPSA) is 66.2 Å². The summed E-state index contributed by atoms with van der Waals surface area (Å²) in [7, 11) is 0. The van der Waals surface area contributed by atoms with E-state index in [4.69, 9.17) is 4.74 Å². The van der Waals surface area contributed by atoms with E-state index in [1.807, 2.05) is 0 Å². The molecule has 1 atom stereocenters. The van der Waals surface area contributed by atoms with Gasteiger partial charge >= 0.3 is 0 Å². The van der Waals surface area contributed by atoms with Crippen LogP contribution in [0, 0.1) is 5.21 Å². The van der Waals surface area contributed by atoms with Crippen LogP contribution < -0.4 is 0 Å². The van der Waals surface area contributed by atoms with E-state index >= 15 is 0 Å². The zero-order valence-corrected chi connectivity index (χ0v) is 12.0. The molecule has 3 heterocycles. The minimum absolute atomic E-state index is 0.0514. The fourth-order valence-corrected chi connectivity index (χ4v) is 2.90. The normalized spacial score (nSPS) is 22.6. The monoisotopic (exact) mass is 361 g/mol. The number of allylic oxidation sites excluding steroid dienone is 1. The first-order chi connectivity index (χ1) is 8.81. The lowest BCUT2D eigenvalue weighted by molar-refractivity contribution is 0.138. The Morgan fingerprint density at radius 1 is 1.56 bits per heavy atom. The van der Waals surface area contributed by atoms with Gasteiger partial charge in [-0.3, -0.25) is 4.57 Å². The molecule has 0 amide bonds. The van der Waals surface area contributed by atoms with Crippen LogP contribution >= 0.6 is 22.6 Å². The van der Waals surface area contributed by atoms with Crippen LogP contribution in [0.25, 0.3) is 5.82 Å². The summed E-state index contributed by atoms with van der Waals surface area (Å²) in [4.78, 5) is 0. The molecule has 0 bridgehead atoms. The smallest absolute Gasteiger partial charge is 0.176 e. The van der Waals surface area contributed by atoms with Crippen molar-refractivity contribution in [1.29, 1.82) is 0 Å². The summed E-state index contributed by atoms with van der Waals surface area (Å²) < 4.78 is 8.45. The average molecular weight is 361 g/mol. The van der Waals surface area contributed by atoms with E-state index in [0.717, 1.165) is 40.9 Å². The molecule has 2 aliphatic rings. The molecule has 1 unspecified atom stereocenters. The highest BCUT2D eigenvalue weighted by Crippen LogP contribution is 2.35. The maximum atomic E-state index is 12.4. The minimum atomic E-state index is 0.0514. The van der Waals surface area contributed by atoms with Gasteiger partial charge in [0.15, 0.2) is 5.82 Å². The number of halogens is 1. The Morgan fingerprint density at radius 2 is 2.44 bits per heavy atom. The number of rotatable bonds is 3. The summed E-state index contributed by atoms with van der Waals surface area (Å²) in [6, 6.07) is 0.0514. The van der Waals surface area contributed by atoms with Gasteiger partial charge in [-0.15, -0.1) is 10.2 Å². The third-order valence-electron chi connectivity index (χ3n) is 3.39. The molecule has 0 N–H and O–H groups in total. The quantitative estimate of drug-likeness (QED) is 0.610. The van der Waals surface area contributed by atoms with Crippen LogP contribution in [-0.2, 0) is 11.3 Å². The van der Waals surface area contributed by atoms with E-state index in [-0.39, 0.29) is 6.04 Å². The van der Waals surface area contributed by atoms with Crippen LogP contribution in [0.15, 0.2) is 12.1 Å². The van der Waals surface area contributed by atoms with E-state index in [9.17, 15) is 5.21 Å². The largest absolute Gasteiger partial charge is 0.757 e. The molecule has 0 aliphatic carbocycles. The van der Waals surface area contributed by atoms with Gasteiger partial charge in [0.1, 0.15) is 24.5 Å². The van der Waals surface area contributed by atoms with Crippen LogP contribution in [0.4, 0.5) is 0 Å². The second-order valence-electron chi connectivity index (χ2n) is 4.50. The third kappa shape index (κ3) is 1.99. The van der Waals surface area contributed by atoms with E-state index in [2.05, 4.69) is 32.8 Å². The second-order valence-corrected chi connectivity index (χ2v) is 5.58. The Kier molecular flexibility index (Phi) is 3.42.